The van der Waals surface area contributed by atoms with Crippen LogP contribution in [0.3, 0.4) is 0 Å². The lowest BCUT2D eigenvalue weighted by molar-refractivity contribution is 0.0706. The molecule has 4 heteroatoms. The molecular formula is C20H14N2O2. The zero-order valence-corrected chi connectivity index (χ0v) is 12.7. The maximum absolute atomic E-state index is 11.5. The highest BCUT2D eigenvalue weighted by Gasteiger charge is 2.10. The van der Waals surface area contributed by atoms with Crippen molar-refractivity contribution in [2.75, 3.05) is 0 Å². The number of fused-ring (bicyclic) bond motifs is 3. The van der Waals surface area contributed by atoms with Gasteiger partial charge in [0, 0.05) is 21.9 Å². The van der Waals surface area contributed by atoms with Gasteiger partial charge in [0.1, 0.15) is 0 Å². The number of hydrogen-bond donors (Lipinski definition) is 2. The minimum Gasteiger partial charge on any atom is -0.288 e. The maximum atomic E-state index is 11.5. The van der Waals surface area contributed by atoms with E-state index in [0.717, 1.165) is 32.9 Å². The smallest absolute Gasteiger partial charge is 0.274 e. The summed E-state index contributed by atoms with van der Waals surface area (Å²) in [5.74, 6) is -0.530. The van der Waals surface area contributed by atoms with Crippen molar-refractivity contribution in [1.29, 1.82) is 0 Å². The molecule has 0 unspecified atom stereocenters. The largest absolute Gasteiger partial charge is 0.288 e. The number of para-hydroxylation sites is 1. The van der Waals surface area contributed by atoms with Gasteiger partial charge in [-0.3, -0.25) is 10.0 Å². The van der Waals surface area contributed by atoms with Crippen LogP contribution in [0.5, 0.6) is 0 Å². The zero-order valence-electron chi connectivity index (χ0n) is 12.7. The normalized spacial score (nSPS) is 10.9. The summed E-state index contributed by atoms with van der Waals surface area (Å²) in [4.78, 5) is 16.3. The van der Waals surface area contributed by atoms with Gasteiger partial charge in [0.05, 0.1) is 11.2 Å². The van der Waals surface area contributed by atoms with Crippen LogP contribution in [0.2, 0.25) is 0 Å². The molecule has 0 aliphatic heterocycles. The first-order valence-corrected chi connectivity index (χ1v) is 7.60. The second-order valence-electron chi connectivity index (χ2n) is 5.54. The highest BCUT2D eigenvalue weighted by atomic mass is 16.5. The van der Waals surface area contributed by atoms with E-state index in [1.807, 2.05) is 42.5 Å². The van der Waals surface area contributed by atoms with Crippen LogP contribution in [0.1, 0.15) is 10.4 Å². The second kappa shape index (κ2) is 5.76. The van der Waals surface area contributed by atoms with Crippen LogP contribution < -0.4 is 5.48 Å². The average Bonchev–Trinajstić information content (AvgIpc) is 2.67. The third-order valence-corrected chi connectivity index (χ3v) is 4.13. The molecule has 4 rings (SSSR count). The first-order valence-electron chi connectivity index (χ1n) is 7.60. The Hall–Kier alpha value is -3.24. The number of nitrogens with zero attached hydrogens (tertiary/aromatic N) is 1. The lowest BCUT2D eigenvalue weighted by Gasteiger charge is -2.10. The summed E-state index contributed by atoms with van der Waals surface area (Å²) in [6.45, 7) is 0. The Morgan fingerprint density at radius 3 is 2.12 bits per heavy atom. The van der Waals surface area contributed by atoms with Crippen LogP contribution in [-0.4, -0.2) is 16.1 Å². The van der Waals surface area contributed by atoms with E-state index < -0.39 is 5.91 Å². The molecule has 0 saturated heterocycles. The predicted octanol–water partition coefficient (Wildman–Crippen LogP) is 4.17. The van der Waals surface area contributed by atoms with E-state index in [1.165, 1.54) is 0 Å². The molecule has 0 aliphatic carbocycles. The van der Waals surface area contributed by atoms with Gasteiger partial charge in [0.25, 0.3) is 5.91 Å². The van der Waals surface area contributed by atoms with E-state index in [2.05, 4.69) is 18.2 Å². The summed E-state index contributed by atoms with van der Waals surface area (Å²) in [7, 11) is 0. The van der Waals surface area contributed by atoms with Crippen molar-refractivity contribution >= 4 is 27.6 Å². The zero-order chi connectivity index (χ0) is 16.5. The summed E-state index contributed by atoms with van der Waals surface area (Å²) in [5.41, 5.74) is 4.77. The summed E-state index contributed by atoms with van der Waals surface area (Å²) in [5, 5.41) is 12.1. The van der Waals surface area contributed by atoms with Crippen LogP contribution in [0, 0.1) is 0 Å². The van der Waals surface area contributed by atoms with Crippen molar-refractivity contribution in [3.05, 3.63) is 78.4 Å². The fraction of sp³-hybridized carbons (Fsp3) is 0. The van der Waals surface area contributed by atoms with E-state index >= 15 is 0 Å². The molecule has 0 fully saturated rings. The van der Waals surface area contributed by atoms with Crippen LogP contribution in [-0.2, 0) is 0 Å². The van der Waals surface area contributed by atoms with E-state index in [-0.39, 0.29) is 0 Å². The summed E-state index contributed by atoms with van der Waals surface area (Å²) >= 11 is 0. The van der Waals surface area contributed by atoms with Crippen molar-refractivity contribution in [2.24, 2.45) is 0 Å². The molecule has 0 spiro atoms. The van der Waals surface area contributed by atoms with E-state index in [1.54, 1.807) is 17.6 Å². The monoisotopic (exact) mass is 314 g/mol. The summed E-state index contributed by atoms with van der Waals surface area (Å²) < 4.78 is 0. The number of nitrogens with one attached hydrogen (secondary N) is 1. The minimum atomic E-state index is -0.530. The van der Waals surface area contributed by atoms with E-state index in [0.29, 0.717) is 5.56 Å². The molecule has 1 aromatic heterocycles. The van der Waals surface area contributed by atoms with Gasteiger partial charge in [0.2, 0.25) is 0 Å². The van der Waals surface area contributed by atoms with Gasteiger partial charge in [-0.05, 0) is 23.6 Å². The first kappa shape index (κ1) is 14.4. The van der Waals surface area contributed by atoms with Crippen molar-refractivity contribution in [3.8, 4) is 11.3 Å². The summed E-state index contributed by atoms with van der Waals surface area (Å²) in [6, 6.07) is 23.3. The number of hydrogen-bond acceptors (Lipinski definition) is 3. The SMILES string of the molecule is O=C(NO)c1ccc(-c2nc3ccccc3c3ccccc23)cc1. The Bertz CT molecular complexity index is 1060. The van der Waals surface area contributed by atoms with E-state index in [9.17, 15) is 4.79 Å². The number of carbonyl (C=O) groups excluding carboxylic acids is 1. The molecule has 2 N–H and O–H groups in total. The Morgan fingerprint density at radius 2 is 1.42 bits per heavy atom. The van der Waals surface area contributed by atoms with Gasteiger partial charge in [-0.15, -0.1) is 0 Å². The van der Waals surface area contributed by atoms with Crippen LogP contribution >= 0.6 is 0 Å². The van der Waals surface area contributed by atoms with Crippen molar-refractivity contribution in [2.45, 2.75) is 0 Å². The standard InChI is InChI=1S/C20H14N2O2/c23-20(22-24)14-11-9-13(10-12-14)19-17-7-2-1-5-15(17)16-6-3-4-8-18(16)21-19/h1-12,24H,(H,22,23). The topological polar surface area (TPSA) is 62.2 Å². The minimum absolute atomic E-state index is 0.395. The summed E-state index contributed by atoms with van der Waals surface area (Å²) in [6.07, 6.45) is 0. The fourth-order valence-electron chi connectivity index (χ4n) is 2.97. The molecule has 0 saturated carbocycles. The molecule has 1 amide bonds. The molecule has 0 aliphatic rings. The highest BCUT2D eigenvalue weighted by molar-refractivity contribution is 6.10. The number of aromatic nitrogens is 1. The van der Waals surface area contributed by atoms with Gasteiger partial charge in [0.15, 0.2) is 0 Å². The first-order chi connectivity index (χ1) is 11.8. The van der Waals surface area contributed by atoms with Crippen LogP contribution in [0.4, 0.5) is 0 Å². The number of rotatable bonds is 2. The van der Waals surface area contributed by atoms with Gasteiger partial charge in [-0.25, -0.2) is 10.5 Å². The highest BCUT2D eigenvalue weighted by Crippen LogP contribution is 2.32. The van der Waals surface area contributed by atoms with Crippen LogP contribution in [0.15, 0.2) is 72.8 Å². The number of hydroxylamine groups is 1. The Labute approximate surface area is 138 Å². The van der Waals surface area contributed by atoms with Gasteiger partial charge < -0.3 is 0 Å². The van der Waals surface area contributed by atoms with Gasteiger partial charge in [-0.2, -0.15) is 0 Å². The molecule has 116 valence electrons. The molecule has 0 bridgehead atoms. The maximum Gasteiger partial charge on any atom is 0.274 e. The Balaban J connectivity index is 1.96. The second-order valence-corrected chi connectivity index (χ2v) is 5.54. The average molecular weight is 314 g/mol. The Kier molecular flexibility index (Phi) is 3.44. The van der Waals surface area contributed by atoms with Crippen LogP contribution in [0.25, 0.3) is 32.9 Å². The lowest BCUT2D eigenvalue weighted by Crippen LogP contribution is -2.18. The van der Waals surface area contributed by atoms with Crippen molar-refractivity contribution in [1.82, 2.24) is 10.5 Å². The number of carbonyl (C=O) groups is 1. The lowest BCUT2D eigenvalue weighted by atomic mass is 9.99. The van der Waals surface area contributed by atoms with Crippen molar-refractivity contribution in [3.63, 3.8) is 0 Å². The predicted molar refractivity (Wildman–Crippen MR) is 93.9 cm³/mol. The molecule has 0 atom stereocenters. The molecule has 4 nitrogen and oxygen atoms in total. The number of amides is 1. The van der Waals surface area contributed by atoms with Gasteiger partial charge >= 0.3 is 0 Å². The van der Waals surface area contributed by atoms with Gasteiger partial charge in [-0.1, -0.05) is 54.6 Å². The molecule has 24 heavy (non-hydrogen) atoms. The third-order valence-electron chi connectivity index (χ3n) is 4.13. The molecule has 1 heterocycles. The van der Waals surface area contributed by atoms with E-state index in [4.69, 9.17) is 10.2 Å². The quantitative estimate of drug-likeness (QED) is 0.331. The molecule has 3 aromatic carbocycles. The Morgan fingerprint density at radius 1 is 0.792 bits per heavy atom. The molecular weight excluding hydrogens is 300 g/mol. The number of pyridine rings is 1. The fourth-order valence-corrected chi connectivity index (χ4v) is 2.97. The molecule has 0 radical (unpaired) electrons. The van der Waals surface area contributed by atoms with Crippen molar-refractivity contribution < 1.29 is 10.0 Å². The third kappa shape index (κ3) is 2.30. The molecule has 4 aromatic rings. The number of benzene rings is 3.